The molecule has 8 heteroatoms. The summed E-state index contributed by atoms with van der Waals surface area (Å²) in [6, 6.07) is 6.55. The van der Waals surface area contributed by atoms with E-state index >= 15 is 0 Å². The summed E-state index contributed by atoms with van der Waals surface area (Å²) < 4.78 is 4.90. The zero-order chi connectivity index (χ0) is 21.4. The molecule has 1 unspecified atom stereocenters. The smallest absolute Gasteiger partial charge is 0.311 e. The monoisotopic (exact) mass is 417 g/mol. The standard InChI is InChI=1S/C21H27N3O4S/c1-5-28-18(25)11-15-12-29-21(22-15)24-20(27)17(10-13(2)3)23-19(26)16-9-7-6-8-14(16)4/h6-9,12-13,17H,5,10-11H2,1-4H3,(H,23,26)(H,22,24,27). The molecule has 2 N–H and O–H groups in total. The van der Waals surface area contributed by atoms with Crippen LogP contribution in [0.3, 0.4) is 0 Å². The van der Waals surface area contributed by atoms with Crippen molar-refractivity contribution in [3.05, 3.63) is 46.5 Å². The van der Waals surface area contributed by atoms with Gasteiger partial charge >= 0.3 is 5.97 Å². The first kappa shape index (κ1) is 22.5. The van der Waals surface area contributed by atoms with Crippen LogP contribution in [0.4, 0.5) is 5.13 Å². The molecule has 0 bridgehead atoms. The predicted octanol–water partition coefficient (Wildman–Crippen LogP) is 3.34. The third kappa shape index (κ3) is 6.98. The summed E-state index contributed by atoms with van der Waals surface area (Å²) in [7, 11) is 0. The van der Waals surface area contributed by atoms with Crippen LogP contribution in [0, 0.1) is 12.8 Å². The number of nitrogens with one attached hydrogen (secondary N) is 2. The summed E-state index contributed by atoms with van der Waals surface area (Å²) in [6.45, 7) is 7.88. The molecule has 0 fully saturated rings. The maximum Gasteiger partial charge on any atom is 0.311 e. The van der Waals surface area contributed by atoms with E-state index in [9.17, 15) is 14.4 Å². The van der Waals surface area contributed by atoms with Crippen molar-refractivity contribution in [2.45, 2.75) is 46.6 Å². The van der Waals surface area contributed by atoms with Crippen LogP contribution in [0.25, 0.3) is 0 Å². The zero-order valence-electron chi connectivity index (χ0n) is 17.2. The van der Waals surface area contributed by atoms with Crippen LogP contribution in [-0.4, -0.2) is 35.4 Å². The number of hydrogen-bond acceptors (Lipinski definition) is 6. The van der Waals surface area contributed by atoms with Crippen molar-refractivity contribution in [1.82, 2.24) is 10.3 Å². The Morgan fingerprint density at radius 3 is 2.59 bits per heavy atom. The molecule has 0 saturated heterocycles. The van der Waals surface area contributed by atoms with Gasteiger partial charge in [0.25, 0.3) is 5.91 Å². The molecule has 0 saturated carbocycles. The number of thiazole rings is 1. The molecule has 0 aliphatic rings. The van der Waals surface area contributed by atoms with Gasteiger partial charge in [0, 0.05) is 10.9 Å². The molecule has 0 radical (unpaired) electrons. The molecule has 2 aromatic rings. The summed E-state index contributed by atoms with van der Waals surface area (Å²) in [6.07, 6.45) is 0.546. The van der Waals surface area contributed by atoms with Crippen LogP contribution in [0.1, 0.15) is 48.8 Å². The van der Waals surface area contributed by atoms with Crippen molar-refractivity contribution in [3.63, 3.8) is 0 Å². The number of anilines is 1. The molecule has 156 valence electrons. The molecular weight excluding hydrogens is 390 g/mol. The van der Waals surface area contributed by atoms with Gasteiger partial charge in [-0.2, -0.15) is 0 Å². The minimum Gasteiger partial charge on any atom is -0.466 e. The second-order valence-electron chi connectivity index (χ2n) is 7.09. The van der Waals surface area contributed by atoms with Gasteiger partial charge in [-0.1, -0.05) is 32.0 Å². The minimum atomic E-state index is -0.695. The molecule has 0 spiro atoms. The van der Waals surface area contributed by atoms with Gasteiger partial charge in [0.15, 0.2) is 5.13 Å². The van der Waals surface area contributed by atoms with Crippen LogP contribution >= 0.6 is 11.3 Å². The quantitative estimate of drug-likeness (QED) is 0.610. The maximum atomic E-state index is 12.8. The second kappa shape index (κ2) is 10.7. The van der Waals surface area contributed by atoms with Crippen LogP contribution in [-0.2, 0) is 20.7 Å². The van der Waals surface area contributed by atoms with E-state index in [2.05, 4.69) is 15.6 Å². The first-order valence-corrected chi connectivity index (χ1v) is 10.5. The summed E-state index contributed by atoms with van der Waals surface area (Å²) in [5.41, 5.74) is 1.92. The lowest BCUT2D eigenvalue weighted by Gasteiger charge is -2.20. The van der Waals surface area contributed by atoms with Crippen molar-refractivity contribution in [1.29, 1.82) is 0 Å². The molecule has 1 atom stereocenters. The van der Waals surface area contributed by atoms with Crippen LogP contribution in [0.5, 0.6) is 0 Å². The fourth-order valence-corrected chi connectivity index (χ4v) is 3.48. The number of benzene rings is 1. The lowest BCUT2D eigenvalue weighted by molar-refractivity contribution is -0.142. The van der Waals surface area contributed by atoms with E-state index in [4.69, 9.17) is 4.74 Å². The van der Waals surface area contributed by atoms with Crippen molar-refractivity contribution < 1.29 is 19.1 Å². The third-order valence-corrected chi connectivity index (χ3v) is 4.94. The Labute approximate surface area is 174 Å². The SMILES string of the molecule is CCOC(=O)Cc1csc(NC(=O)C(CC(C)C)NC(=O)c2ccccc2C)n1. The third-order valence-electron chi connectivity index (χ3n) is 4.13. The highest BCUT2D eigenvalue weighted by Crippen LogP contribution is 2.18. The summed E-state index contributed by atoms with van der Waals surface area (Å²) >= 11 is 1.23. The van der Waals surface area contributed by atoms with E-state index < -0.39 is 6.04 Å². The number of esters is 1. The topological polar surface area (TPSA) is 97.4 Å². The molecule has 7 nitrogen and oxygen atoms in total. The Morgan fingerprint density at radius 1 is 1.21 bits per heavy atom. The van der Waals surface area contributed by atoms with Gasteiger partial charge < -0.3 is 15.4 Å². The second-order valence-corrected chi connectivity index (χ2v) is 7.94. The molecule has 29 heavy (non-hydrogen) atoms. The average Bonchev–Trinajstić information content (AvgIpc) is 3.07. The van der Waals surface area contributed by atoms with Gasteiger partial charge in [0.1, 0.15) is 6.04 Å². The number of hydrogen-bond donors (Lipinski definition) is 2. The van der Waals surface area contributed by atoms with Crippen molar-refractivity contribution in [3.8, 4) is 0 Å². The molecule has 1 heterocycles. The van der Waals surface area contributed by atoms with Gasteiger partial charge in [-0.05, 0) is 37.8 Å². The van der Waals surface area contributed by atoms with Crippen molar-refractivity contribution in [2.75, 3.05) is 11.9 Å². The lowest BCUT2D eigenvalue weighted by Crippen LogP contribution is -2.44. The van der Waals surface area contributed by atoms with Gasteiger partial charge in [-0.25, -0.2) is 4.98 Å². The van der Waals surface area contributed by atoms with E-state index in [1.54, 1.807) is 24.4 Å². The number of rotatable bonds is 9. The number of carbonyl (C=O) groups is 3. The number of aryl methyl sites for hydroxylation is 1. The first-order valence-electron chi connectivity index (χ1n) is 9.57. The Hall–Kier alpha value is -2.74. The Bertz CT molecular complexity index is 863. The predicted molar refractivity (Wildman–Crippen MR) is 113 cm³/mol. The highest BCUT2D eigenvalue weighted by atomic mass is 32.1. The number of amides is 2. The number of ether oxygens (including phenoxy) is 1. The first-order chi connectivity index (χ1) is 13.8. The number of nitrogens with zero attached hydrogens (tertiary/aromatic N) is 1. The van der Waals surface area contributed by atoms with Crippen molar-refractivity contribution in [2.24, 2.45) is 5.92 Å². The Morgan fingerprint density at radius 2 is 1.93 bits per heavy atom. The highest BCUT2D eigenvalue weighted by molar-refractivity contribution is 7.13. The number of carbonyl (C=O) groups excluding carboxylic acids is 3. The maximum absolute atomic E-state index is 12.8. The molecule has 1 aromatic carbocycles. The molecular formula is C21H27N3O4S. The largest absolute Gasteiger partial charge is 0.466 e. The van der Waals surface area contributed by atoms with Crippen LogP contribution < -0.4 is 10.6 Å². The van der Waals surface area contributed by atoms with Gasteiger partial charge in [-0.15, -0.1) is 11.3 Å². The van der Waals surface area contributed by atoms with E-state index in [1.807, 2.05) is 32.9 Å². The molecule has 2 rings (SSSR count). The highest BCUT2D eigenvalue weighted by Gasteiger charge is 2.24. The average molecular weight is 418 g/mol. The Kier molecular flexibility index (Phi) is 8.33. The normalized spacial score (nSPS) is 11.8. The van der Waals surface area contributed by atoms with Crippen LogP contribution in [0.2, 0.25) is 0 Å². The fourth-order valence-electron chi connectivity index (χ4n) is 2.76. The fraction of sp³-hybridized carbons (Fsp3) is 0.429. The van der Waals surface area contributed by atoms with Gasteiger partial charge in [0.2, 0.25) is 5.91 Å². The van der Waals surface area contributed by atoms with Crippen molar-refractivity contribution >= 4 is 34.3 Å². The molecule has 1 aromatic heterocycles. The van der Waals surface area contributed by atoms with Gasteiger partial charge in [-0.3, -0.25) is 14.4 Å². The lowest BCUT2D eigenvalue weighted by atomic mass is 10.0. The van der Waals surface area contributed by atoms with E-state index in [0.717, 1.165) is 5.56 Å². The van der Waals surface area contributed by atoms with E-state index in [-0.39, 0.29) is 30.1 Å². The summed E-state index contributed by atoms with van der Waals surface area (Å²) in [5.74, 6) is -0.777. The van der Waals surface area contributed by atoms with Gasteiger partial charge in [0.05, 0.1) is 18.7 Å². The zero-order valence-corrected chi connectivity index (χ0v) is 18.0. The molecule has 0 aliphatic heterocycles. The number of aromatic nitrogens is 1. The molecule has 0 aliphatic carbocycles. The Balaban J connectivity index is 2.05. The summed E-state index contributed by atoms with van der Waals surface area (Å²) in [5, 5.41) is 7.67. The van der Waals surface area contributed by atoms with E-state index in [0.29, 0.717) is 29.4 Å². The molecule has 2 amide bonds. The summed E-state index contributed by atoms with van der Waals surface area (Å²) in [4.78, 5) is 41.3. The minimum absolute atomic E-state index is 0.0552. The van der Waals surface area contributed by atoms with Crippen LogP contribution in [0.15, 0.2) is 29.6 Å². The van der Waals surface area contributed by atoms with E-state index in [1.165, 1.54) is 11.3 Å².